The summed E-state index contributed by atoms with van der Waals surface area (Å²) < 4.78 is 0. The number of rotatable bonds is 6. The zero-order valence-electron chi connectivity index (χ0n) is 14.0. The van der Waals surface area contributed by atoms with Gasteiger partial charge in [0.2, 0.25) is 0 Å². The fourth-order valence-electron chi connectivity index (χ4n) is 2.08. The van der Waals surface area contributed by atoms with E-state index in [9.17, 15) is 0 Å². The molecule has 23 heavy (non-hydrogen) atoms. The van der Waals surface area contributed by atoms with Crippen molar-refractivity contribution in [2.24, 2.45) is 4.99 Å². The molecule has 0 unspecified atom stereocenters. The van der Waals surface area contributed by atoms with Crippen LogP contribution in [-0.4, -0.2) is 31.1 Å². The molecular formula is C16H25IN4S2. The molecule has 0 amide bonds. The monoisotopic (exact) mass is 464 g/mol. The van der Waals surface area contributed by atoms with Crippen molar-refractivity contribution in [3.05, 3.63) is 38.5 Å². The van der Waals surface area contributed by atoms with E-state index in [-0.39, 0.29) is 29.4 Å². The second-order valence-electron chi connectivity index (χ2n) is 5.83. The first-order chi connectivity index (χ1) is 10.5. The molecule has 4 nitrogen and oxygen atoms in total. The third-order valence-corrected chi connectivity index (χ3v) is 5.62. The molecule has 0 radical (unpaired) electrons. The molecule has 2 heterocycles. The van der Waals surface area contributed by atoms with Gasteiger partial charge in [-0.3, -0.25) is 4.99 Å². The largest absolute Gasteiger partial charge is 0.356 e. The first kappa shape index (κ1) is 20.4. The van der Waals surface area contributed by atoms with E-state index >= 15 is 0 Å². The summed E-state index contributed by atoms with van der Waals surface area (Å²) in [6, 6.07) is 4.29. The predicted molar refractivity (Wildman–Crippen MR) is 113 cm³/mol. The van der Waals surface area contributed by atoms with Gasteiger partial charge in [0, 0.05) is 47.9 Å². The smallest absolute Gasteiger partial charge is 0.191 e. The van der Waals surface area contributed by atoms with Crippen LogP contribution in [0.1, 0.15) is 28.6 Å². The van der Waals surface area contributed by atoms with Gasteiger partial charge >= 0.3 is 0 Å². The summed E-state index contributed by atoms with van der Waals surface area (Å²) in [5.41, 5.74) is 0.0954. The number of thiophene rings is 1. The zero-order chi connectivity index (χ0) is 16.0. The Labute approximate surface area is 163 Å². The predicted octanol–water partition coefficient (Wildman–Crippen LogP) is 3.82. The van der Waals surface area contributed by atoms with Gasteiger partial charge in [-0.05, 0) is 18.4 Å². The van der Waals surface area contributed by atoms with Gasteiger partial charge in [0.15, 0.2) is 5.96 Å². The molecule has 2 N–H and O–H groups in total. The van der Waals surface area contributed by atoms with E-state index in [0.29, 0.717) is 0 Å². The summed E-state index contributed by atoms with van der Waals surface area (Å²) in [5.74, 6) is 0.845. The standard InChI is InChI=1S/C16H24N4S2.HI/c1-12-10-19-14(22-12)7-8-18-15(17-4)20-11-16(2,3)13-6-5-9-21-13;/h5-6,9-10H,7-8,11H2,1-4H3,(H2,17,18,20);1H. The van der Waals surface area contributed by atoms with Crippen LogP contribution in [-0.2, 0) is 11.8 Å². The van der Waals surface area contributed by atoms with Crippen molar-refractivity contribution in [3.8, 4) is 0 Å². The number of aromatic nitrogens is 1. The summed E-state index contributed by atoms with van der Waals surface area (Å²) in [6.07, 6.45) is 2.85. The molecule has 0 spiro atoms. The summed E-state index contributed by atoms with van der Waals surface area (Å²) in [4.78, 5) is 11.3. The normalized spacial score (nSPS) is 11.9. The van der Waals surface area contributed by atoms with Crippen molar-refractivity contribution in [1.82, 2.24) is 15.6 Å². The average Bonchev–Trinajstić information content (AvgIpc) is 3.14. The molecule has 0 aromatic carbocycles. The minimum Gasteiger partial charge on any atom is -0.356 e. The Morgan fingerprint density at radius 1 is 1.35 bits per heavy atom. The summed E-state index contributed by atoms with van der Waals surface area (Å²) in [6.45, 7) is 8.27. The van der Waals surface area contributed by atoms with E-state index in [2.05, 4.69) is 58.9 Å². The number of aliphatic imine (C=N–C) groups is 1. The van der Waals surface area contributed by atoms with Gasteiger partial charge in [0.25, 0.3) is 0 Å². The van der Waals surface area contributed by atoms with Gasteiger partial charge in [-0.1, -0.05) is 19.9 Å². The third-order valence-electron chi connectivity index (χ3n) is 3.41. The highest BCUT2D eigenvalue weighted by atomic mass is 127. The Balaban J connectivity index is 0.00000264. The quantitative estimate of drug-likeness (QED) is 0.388. The number of guanidine groups is 1. The Morgan fingerprint density at radius 3 is 2.70 bits per heavy atom. The van der Waals surface area contributed by atoms with Crippen molar-refractivity contribution < 1.29 is 0 Å². The van der Waals surface area contributed by atoms with Crippen LogP contribution < -0.4 is 10.6 Å². The molecule has 0 atom stereocenters. The van der Waals surface area contributed by atoms with Crippen LogP contribution in [0.15, 0.2) is 28.7 Å². The maximum absolute atomic E-state index is 4.38. The molecule has 2 aromatic rings. The van der Waals surface area contributed by atoms with Crippen LogP contribution in [0, 0.1) is 6.92 Å². The number of hydrogen-bond acceptors (Lipinski definition) is 4. The molecule has 2 aromatic heterocycles. The fraction of sp³-hybridized carbons (Fsp3) is 0.500. The van der Waals surface area contributed by atoms with Gasteiger partial charge in [0.1, 0.15) is 0 Å². The molecule has 0 bridgehead atoms. The molecular weight excluding hydrogens is 439 g/mol. The van der Waals surface area contributed by atoms with Crippen molar-refractivity contribution in [3.63, 3.8) is 0 Å². The highest BCUT2D eigenvalue weighted by Crippen LogP contribution is 2.26. The molecule has 128 valence electrons. The maximum Gasteiger partial charge on any atom is 0.191 e. The summed E-state index contributed by atoms with van der Waals surface area (Å²) in [5, 5.41) is 10.1. The summed E-state index contributed by atoms with van der Waals surface area (Å²) >= 11 is 3.55. The Hall–Kier alpha value is -0.670. The van der Waals surface area contributed by atoms with E-state index in [4.69, 9.17) is 0 Å². The van der Waals surface area contributed by atoms with Crippen LogP contribution >= 0.6 is 46.7 Å². The van der Waals surface area contributed by atoms with E-state index in [1.165, 1.54) is 14.8 Å². The molecule has 0 aliphatic carbocycles. The van der Waals surface area contributed by atoms with Gasteiger partial charge in [-0.25, -0.2) is 4.98 Å². The highest BCUT2D eigenvalue weighted by Gasteiger charge is 2.21. The lowest BCUT2D eigenvalue weighted by molar-refractivity contribution is 0.518. The van der Waals surface area contributed by atoms with Crippen molar-refractivity contribution in [1.29, 1.82) is 0 Å². The van der Waals surface area contributed by atoms with Crippen LogP contribution in [0.3, 0.4) is 0 Å². The first-order valence-electron chi connectivity index (χ1n) is 7.41. The molecule has 0 fully saturated rings. The minimum atomic E-state index is 0. The average molecular weight is 464 g/mol. The van der Waals surface area contributed by atoms with Crippen molar-refractivity contribution >= 4 is 52.6 Å². The van der Waals surface area contributed by atoms with E-state index in [1.54, 1.807) is 29.7 Å². The van der Waals surface area contributed by atoms with Gasteiger partial charge in [-0.15, -0.1) is 46.7 Å². The van der Waals surface area contributed by atoms with Crippen LogP contribution in [0.5, 0.6) is 0 Å². The SMILES string of the molecule is CN=C(NCCc1ncc(C)s1)NCC(C)(C)c1cccs1.I. The molecule has 7 heteroatoms. The number of halogens is 1. The third kappa shape index (κ3) is 6.39. The molecule has 0 saturated carbocycles. The highest BCUT2D eigenvalue weighted by molar-refractivity contribution is 14.0. The molecule has 2 rings (SSSR count). The Morgan fingerprint density at radius 2 is 2.13 bits per heavy atom. The van der Waals surface area contributed by atoms with Crippen LogP contribution in [0.4, 0.5) is 0 Å². The molecule has 0 aliphatic rings. The fourth-order valence-corrected chi connectivity index (χ4v) is 3.72. The topological polar surface area (TPSA) is 49.3 Å². The number of aryl methyl sites for hydroxylation is 1. The summed E-state index contributed by atoms with van der Waals surface area (Å²) in [7, 11) is 1.81. The van der Waals surface area contributed by atoms with Crippen molar-refractivity contribution in [2.45, 2.75) is 32.6 Å². The van der Waals surface area contributed by atoms with Crippen molar-refractivity contribution in [2.75, 3.05) is 20.1 Å². The number of nitrogens with one attached hydrogen (secondary N) is 2. The van der Waals surface area contributed by atoms with Gasteiger partial charge in [0.05, 0.1) is 5.01 Å². The first-order valence-corrected chi connectivity index (χ1v) is 9.11. The molecule has 0 aliphatic heterocycles. The van der Waals surface area contributed by atoms with E-state index in [0.717, 1.165) is 25.5 Å². The van der Waals surface area contributed by atoms with Crippen LogP contribution in [0.25, 0.3) is 0 Å². The number of thiazole rings is 1. The van der Waals surface area contributed by atoms with Gasteiger partial charge in [-0.2, -0.15) is 0 Å². The molecule has 0 saturated heterocycles. The second-order valence-corrected chi connectivity index (χ2v) is 8.10. The van der Waals surface area contributed by atoms with E-state index < -0.39 is 0 Å². The maximum atomic E-state index is 4.38. The van der Waals surface area contributed by atoms with Gasteiger partial charge < -0.3 is 10.6 Å². The zero-order valence-corrected chi connectivity index (χ0v) is 18.0. The minimum absolute atomic E-state index is 0. The van der Waals surface area contributed by atoms with E-state index in [1.807, 2.05) is 6.20 Å². The lowest BCUT2D eigenvalue weighted by Gasteiger charge is -2.25. The van der Waals surface area contributed by atoms with Crippen LogP contribution in [0.2, 0.25) is 0 Å². The Bertz CT molecular complexity index is 605. The Kier molecular flexibility index (Phi) is 8.49. The lowest BCUT2D eigenvalue weighted by atomic mass is 9.91. The second kappa shape index (κ2) is 9.58. The number of hydrogen-bond donors (Lipinski definition) is 2. The lowest BCUT2D eigenvalue weighted by Crippen LogP contribution is -2.43. The number of nitrogens with zero attached hydrogens (tertiary/aromatic N) is 2.